The lowest BCUT2D eigenvalue weighted by Gasteiger charge is -2.26. The summed E-state index contributed by atoms with van der Waals surface area (Å²) >= 11 is 0. The van der Waals surface area contributed by atoms with Gasteiger partial charge in [0.15, 0.2) is 0 Å². The molecule has 3 N–H and O–H groups in total. The maximum Gasteiger partial charge on any atom is 0.248 e. The molecule has 50 heavy (non-hydrogen) atoms. The molecule has 1 heterocycles. The third-order valence-electron chi connectivity index (χ3n) is 8.93. The number of unbranched alkanes of at least 4 members (excludes halogenated alkanes) is 1. The third-order valence-corrected chi connectivity index (χ3v) is 8.93. The maximum atomic E-state index is 12.3. The Morgan fingerprint density at radius 3 is 2.26 bits per heavy atom. The Morgan fingerprint density at radius 2 is 1.52 bits per heavy atom. The highest BCUT2D eigenvalue weighted by atomic mass is 16.5. The van der Waals surface area contributed by atoms with E-state index in [-0.39, 0.29) is 5.56 Å². The van der Waals surface area contributed by atoms with E-state index in [4.69, 9.17) is 9.47 Å². The summed E-state index contributed by atoms with van der Waals surface area (Å²) in [4.78, 5) is 17.5. The lowest BCUT2D eigenvalue weighted by Crippen LogP contribution is -2.30. The van der Waals surface area contributed by atoms with Crippen LogP contribution in [0.3, 0.4) is 0 Å². The van der Waals surface area contributed by atoms with Gasteiger partial charge in [-0.05, 0) is 77.6 Å². The molecule has 0 aliphatic carbocycles. The molecular weight excluding hydrogens is 622 g/mol. The van der Waals surface area contributed by atoms with E-state index in [0.717, 1.165) is 65.0 Å². The molecule has 0 radical (unpaired) electrons. The standard InChI is InChI=1S/C43H45N3O4/c1-3-4-27-50-41-23-20-36(37-21-24-42(48)45-43(37)41)39(47)30-46(29-32-11-7-5-8-12-32)26-25-31-15-17-34(18-16-31)44-35-19-22-40(49-2)38(28-35)33-13-9-6-10-14-33/h5-24,28,39,44,47H,3-4,25-27,29-30H2,1-2H3,(H,45,48)/t39-/m0/s1. The Hall–Kier alpha value is -5.37. The van der Waals surface area contributed by atoms with Crippen molar-refractivity contribution in [3.05, 3.63) is 154 Å². The van der Waals surface area contributed by atoms with E-state index in [9.17, 15) is 9.90 Å². The van der Waals surface area contributed by atoms with Crippen LogP contribution in [-0.2, 0) is 13.0 Å². The first-order valence-electron chi connectivity index (χ1n) is 17.3. The second-order valence-corrected chi connectivity index (χ2v) is 12.6. The van der Waals surface area contributed by atoms with Gasteiger partial charge in [0.2, 0.25) is 5.56 Å². The van der Waals surface area contributed by atoms with Crippen LogP contribution in [0.1, 0.15) is 42.6 Å². The number of aromatic amines is 1. The smallest absolute Gasteiger partial charge is 0.248 e. The van der Waals surface area contributed by atoms with Crippen molar-refractivity contribution in [2.45, 2.75) is 38.8 Å². The molecule has 0 fully saturated rings. The minimum atomic E-state index is -0.770. The number of aliphatic hydroxyl groups excluding tert-OH is 1. The summed E-state index contributed by atoms with van der Waals surface area (Å²) in [6.07, 6.45) is 1.99. The van der Waals surface area contributed by atoms with Crippen molar-refractivity contribution in [3.63, 3.8) is 0 Å². The minimum Gasteiger partial charge on any atom is -0.496 e. The van der Waals surface area contributed by atoms with Gasteiger partial charge >= 0.3 is 0 Å². The van der Waals surface area contributed by atoms with Crippen LogP contribution in [0.4, 0.5) is 11.4 Å². The summed E-state index contributed by atoms with van der Waals surface area (Å²) in [5.41, 5.74) is 7.71. The molecule has 0 unspecified atom stereocenters. The normalized spacial score (nSPS) is 11.8. The van der Waals surface area contributed by atoms with Crippen molar-refractivity contribution in [1.82, 2.24) is 9.88 Å². The van der Waals surface area contributed by atoms with E-state index >= 15 is 0 Å². The Labute approximate surface area is 294 Å². The summed E-state index contributed by atoms with van der Waals surface area (Å²) in [7, 11) is 1.70. The Balaban J connectivity index is 1.16. The first kappa shape index (κ1) is 34.5. The van der Waals surface area contributed by atoms with E-state index in [1.54, 1.807) is 13.2 Å². The van der Waals surface area contributed by atoms with Gasteiger partial charge in [0.25, 0.3) is 0 Å². The molecule has 7 heteroatoms. The van der Waals surface area contributed by atoms with Gasteiger partial charge in [-0.25, -0.2) is 0 Å². The van der Waals surface area contributed by atoms with Crippen LogP contribution in [-0.4, -0.2) is 41.8 Å². The number of nitrogens with zero attached hydrogens (tertiary/aromatic N) is 1. The number of ether oxygens (including phenoxy) is 2. The van der Waals surface area contributed by atoms with Crippen LogP contribution in [0.2, 0.25) is 0 Å². The zero-order valence-corrected chi connectivity index (χ0v) is 28.8. The lowest BCUT2D eigenvalue weighted by molar-refractivity contribution is 0.110. The molecule has 1 aromatic heterocycles. The number of anilines is 2. The van der Waals surface area contributed by atoms with Crippen molar-refractivity contribution in [2.75, 3.05) is 32.1 Å². The average molecular weight is 668 g/mol. The average Bonchev–Trinajstić information content (AvgIpc) is 3.15. The van der Waals surface area contributed by atoms with Gasteiger partial charge in [-0.3, -0.25) is 9.69 Å². The molecule has 0 amide bonds. The predicted octanol–water partition coefficient (Wildman–Crippen LogP) is 8.90. The summed E-state index contributed by atoms with van der Waals surface area (Å²) in [5, 5.41) is 16.0. The topological polar surface area (TPSA) is 86.8 Å². The fourth-order valence-corrected chi connectivity index (χ4v) is 6.24. The van der Waals surface area contributed by atoms with Crippen LogP contribution in [0.15, 0.2) is 132 Å². The van der Waals surface area contributed by atoms with Crippen molar-refractivity contribution in [3.8, 4) is 22.6 Å². The highest BCUT2D eigenvalue weighted by Gasteiger charge is 2.19. The number of methoxy groups -OCH3 is 1. The molecule has 0 aliphatic rings. The van der Waals surface area contributed by atoms with Gasteiger partial charge in [-0.2, -0.15) is 0 Å². The van der Waals surface area contributed by atoms with Gasteiger partial charge < -0.3 is 24.9 Å². The van der Waals surface area contributed by atoms with Crippen molar-refractivity contribution < 1.29 is 14.6 Å². The van der Waals surface area contributed by atoms with Crippen LogP contribution >= 0.6 is 0 Å². The lowest BCUT2D eigenvalue weighted by atomic mass is 10.0. The second kappa shape index (κ2) is 16.8. The van der Waals surface area contributed by atoms with E-state index < -0.39 is 6.10 Å². The highest BCUT2D eigenvalue weighted by molar-refractivity contribution is 5.87. The van der Waals surface area contributed by atoms with Gasteiger partial charge in [0.05, 0.1) is 25.3 Å². The maximum absolute atomic E-state index is 12.3. The van der Waals surface area contributed by atoms with Gasteiger partial charge in [0.1, 0.15) is 11.5 Å². The molecule has 5 aromatic carbocycles. The van der Waals surface area contributed by atoms with Gasteiger partial charge in [0, 0.05) is 48.0 Å². The Bertz CT molecular complexity index is 2030. The second-order valence-electron chi connectivity index (χ2n) is 12.6. The quantitative estimate of drug-likeness (QED) is 0.0894. The van der Waals surface area contributed by atoms with E-state index in [1.807, 2.05) is 60.7 Å². The third kappa shape index (κ3) is 8.80. The van der Waals surface area contributed by atoms with Crippen molar-refractivity contribution in [2.24, 2.45) is 0 Å². The molecule has 7 nitrogen and oxygen atoms in total. The van der Waals surface area contributed by atoms with Gasteiger partial charge in [-0.15, -0.1) is 0 Å². The van der Waals surface area contributed by atoms with Crippen LogP contribution in [0, 0.1) is 0 Å². The molecule has 0 aliphatic heterocycles. The van der Waals surface area contributed by atoms with Crippen LogP contribution in [0.25, 0.3) is 22.0 Å². The molecule has 256 valence electrons. The minimum absolute atomic E-state index is 0.197. The number of fused-ring (bicyclic) bond motifs is 1. The number of aromatic nitrogens is 1. The molecule has 6 rings (SSSR count). The first-order chi connectivity index (χ1) is 24.5. The predicted molar refractivity (Wildman–Crippen MR) is 204 cm³/mol. The van der Waals surface area contributed by atoms with Crippen LogP contribution < -0.4 is 20.3 Å². The number of pyridine rings is 1. The van der Waals surface area contributed by atoms with E-state index in [2.05, 4.69) is 76.7 Å². The zero-order chi connectivity index (χ0) is 34.7. The van der Waals surface area contributed by atoms with E-state index in [0.29, 0.717) is 31.0 Å². The summed E-state index contributed by atoms with van der Waals surface area (Å²) in [6, 6.07) is 42.3. The molecule has 0 saturated heterocycles. The van der Waals surface area contributed by atoms with Crippen molar-refractivity contribution >= 4 is 22.3 Å². The Morgan fingerprint density at radius 1 is 0.800 bits per heavy atom. The summed E-state index contributed by atoms with van der Waals surface area (Å²) < 4.78 is 11.6. The number of H-pyrrole nitrogens is 1. The zero-order valence-electron chi connectivity index (χ0n) is 28.8. The fourth-order valence-electron chi connectivity index (χ4n) is 6.24. The highest BCUT2D eigenvalue weighted by Crippen LogP contribution is 2.34. The number of rotatable bonds is 16. The van der Waals surface area contributed by atoms with E-state index in [1.165, 1.54) is 17.2 Å². The SMILES string of the molecule is CCCCOc1ccc([C@@H](O)CN(CCc2ccc(Nc3ccc(OC)c(-c4ccccc4)c3)cc2)Cc2ccccc2)c2ccc(=O)[nH]c12. The molecular formula is C43H45N3O4. The molecule has 1 atom stereocenters. The first-order valence-corrected chi connectivity index (χ1v) is 17.3. The monoisotopic (exact) mass is 667 g/mol. The molecule has 0 spiro atoms. The number of nitrogens with one attached hydrogen (secondary N) is 2. The molecule has 0 saturated carbocycles. The molecule has 6 aromatic rings. The largest absolute Gasteiger partial charge is 0.496 e. The fraction of sp³-hybridized carbons (Fsp3) is 0.233. The summed E-state index contributed by atoms with van der Waals surface area (Å²) in [5.74, 6) is 1.46. The van der Waals surface area contributed by atoms with Crippen LogP contribution in [0.5, 0.6) is 11.5 Å². The van der Waals surface area contributed by atoms with Gasteiger partial charge in [-0.1, -0.05) is 92.2 Å². The Kier molecular flexibility index (Phi) is 11.6. The summed E-state index contributed by atoms with van der Waals surface area (Å²) in [6.45, 7) is 4.57. The number of benzene rings is 5. The number of hydrogen-bond donors (Lipinski definition) is 3. The number of aliphatic hydroxyl groups is 1. The van der Waals surface area contributed by atoms with Crippen molar-refractivity contribution in [1.29, 1.82) is 0 Å². The number of hydrogen-bond acceptors (Lipinski definition) is 6. The molecule has 0 bridgehead atoms.